The lowest BCUT2D eigenvalue weighted by molar-refractivity contribution is -0.141. The van der Waals surface area contributed by atoms with Gasteiger partial charge < -0.3 is 19.7 Å². The van der Waals surface area contributed by atoms with Crippen molar-refractivity contribution in [1.29, 1.82) is 0 Å². The summed E-state index contributed by atoms with van der Waals surface area (Å²) >= 11 is 0. The van der Waals surface area contributed by atoms with Gasteiger partial charge in [0.15, 0.2) is 0 Å². The smallest absolute Gasteiger partial charge is 0.308 e. The molecule has 2 aromatic carbocycles. The first-order chi connectivity index (χ1) is 13.1. The zero-order valence-electron chi connectivity index (χ0n) is 14.9. The minimum absolute atomic E-state index is 0.173. The summed E-state index contributed by atoms with van der Waals surface area (Å²) in [5.41, 5.74) is 2.18. The molecule has 0 saturated carbocycles. The molecule has 3 aromatic rings. The van der Waals surface area contributed by atoms with Crippen molar-refractivity contribution in [2.24, 2.45) is 5.92 Å². The van der Waals surface area contributed by atoms with E-state index in [1.54, 1.807) is 12.0 Å². The van der Waals surface area contributed by atoms with Gasteiger partial charge in [-0.1, -0.05) is 36.4 Å². The number of aromatic amines is 1. The molecule has 0 spiro atoms. The van der Waals surface area contributed by atoms with Crippen LogP contribution in [0, 0.1) is 5.92 Å². The SMILES string of the molecule is COc1ccccc1C1CN(C(=O)c2cc3ccccc3[nH]2)CC1C(=O)O. The van der Waals surface area contributed by atoms with Crippen molar-refractivity contribution in [3.63, 3.8) is 0 Å². The maximum atomic E-state index is 13.0. The minimum Gasteiger partial charge on any atom is -0.496 e. The van der Waals surface area contributed by atoms with Crippen LogP contribution in [0.4, 0.5) is 0 Å². The van der Waals surface area contributed by atoms with Crippen molar-refractivity contribution in [1.82, 2.24) is 9.88 Å². The fourth-order valence-corrected chi connectivity index (χ4v) is 3.87. The summed E-state index contributed by atoms with van der Waals surface area (Å²) in [6.07, 6.45) is 0. The van der Waals surface area contributed by atoms with Gasteiger partial charge in [0, 0.05) is 29.9 Å². The first kappa shape index (κ1) is 17.1. The molecule has 1 amide bonds. The molecule has 0 bridgehead atoms. The molecule has 0 radical (unpaired) electrons. The zero-order valence-corrected chi connectivity index (χ0v) is 14.9. The maximum absolute atomic E-state index is 13.0. The van der Waals surface area contributed by atoms with Crippen LogP contribution in [0.5, 0.6) is 5.75 Å². The third-order valence-corrected chi connectivity index (χ3v) is 5.22. The molecular weight excluding hydrogens is 344 g/mol. The predicted molar refractivity (Wildman–Crippen MR) is 101 cm³/mol. The number of hydrogen-bond acceptors (Lipinski definition) is 3. The number of H-pyrrole nitrogens is 1. The number of likely N-dealkylation sites (tertiary alicyclic amines) is 1. The third-order valence-electron chi connectivity index (χ3n) is 5.22. The van der Waals surface area contributed by atoms with Crippen LogP contribution in [-0.4, -0.2) is 47.1 Å². The Morgan fingerprint density at radius 2 is 1.85 bits per heavy atom. The number of amides is 1. The van der Waals surface area contributed by atoms with Crippen LogP contribution in [0.15, 0.2) is 54.6 Å². The van der Waals surface area contributed by atoms with Crippen molar-refractivity contribution >= 4 is 22.8 Å². The van der Waals surface area contributed by atoms with Gasteiger partial charge in [0.2, 0.25) is 0 Å². The van der Waals surface area contributed by atoms with Crippen LogP contribution in [0.25, 0.3) is 10.9 Å². The summed E-state index contributed by atoms with van der Waals surface area (Å²) in [6.45, 7) is 0.512. The second kappa shape index (κ2) is 6.79. The van der Waals surface area contributed by atoms with Gasteiger partial charge in [-0.25, -0.2) is 0 Å². The van der Waals surface area contributed by atoms with E-state index in [0.717, 1.165) is 16.5 Å². The van der Waals surface area contributed by atoms with E-state index in [9.17, 15) is 14.7 Å². The fraction of sp³-hybridized carbons (Fsp3) is 0.238. The van der Waals surface area contributed by atoms with E-state index in [1.807, 2.05) is 54.6 Å². The minimum atomic E-state index is -0.905. The summed E-state index contributed by atoms with van der Waals surface area (Å²) in [6, 6.07) is 16.9. The van der Waals surface area contributed by atoms with Crippen LogP contribution in [0.1, 0.15) is 22.0 Å². The molecule has 1 aliphatic rings. The fourth-order valence-electron chi connectivity index (χ4n) is 3.87. The Hall–Kier alpha value is -3.28. The number of carboxylic acid groups (broad SMARTS) is 1. The Morgan fingerprint density at radius 3 is 2.59 bits per heavy atom. The van der Waals surface area contributed by atoms with Gasteiger partial charge in [0.05, 0.1) is 13.0 Å². The number of nitrogens with zero attached hydrogens (tertiary/aromatic N) is 1. The van der Waals surface area contributed by atoms with Gasteiger partial charge >= 0.3 is 5.97 Å². The monoisotopic (exact) mass is 364 g/mol. The number of carbonyl (C=O) groups excluding carboxylic acids is 1. The average Bonchev–Trinajstić information content (AvgIpc) is 3.32. The lowest BCUT2D eigenvalue weighted by Crippen LogP contribution is -2.30. The van der Waals surface area contributed by atoms with E-state index in [2.05, 4.69) is 4.98 Å². The topological polar surface area (TPSA) is 82.6 Å². The number of fused-ring (bicyclic) bond motifs is 1. The quantitative estimate of drug-likeness (QED) is 0.745. The standard InChI is InChI=1S/C21H20N2O4/c1-27-19-9-5-3-7-14(19)15-11-23(12-16(15)21(25)26)20(24)18-10-13-6-2-4-8-17(13)22-18/h2-10,15-16,22H,11-12H2,1H3,(H,25,26). The lowest BCUT2D eigenvalue weighted by Gasteiger charge is -2.18. The van der Waals surface area contributed by atoms with Crippen molar-refractivity contribution in [2.45, 2.75) is 5.92 Å². The predicted octanol–water partition coefficient (Wildman–Crippen LogP) is 3.12. The van der Waals surface area contributed by atoms with Crippen LogP contribution in [0.3, 0.4) is 0 Å². The van der Waals surface area contributed by atoms with E-state index < -0.39 is 11.9 Å². The van der Waals surface area contributed by atoms with Gasteiger partial charge in [0.1, 0.15) is 11.4 Å². The number of aromatic nitrogens is 1. The average molecular weight is 364 g/mol. The number of ether oxygens (including phenoxy) is 1. The third kappa shape index (κ3) is 3.03. The summed E-state index contributed by atoms with van der Waals surface area (Å²) in [5.74, 6) is -1.43. The first-order valence-electron chi connectivity index (χ1n) is 8.81. The molecule has 2 N–H and O–H groups in total. The Morgan fingerprint density at radius 1 is 1.11 bits per heavy atom. The summed E-state index contributed by atoms with van der Waals surface area (Å²) in [5, 5.41) is 10.7. The molecule has 1 fully saturated rings. The molecule has 1 aliphatic heterocycles. The number of hydrogen-bond donors (Lipinski definition) is 2. The number of nitrogens with one attached hydrogen (secondary N) is 1. The first-order valence-corrected chi connectivity index (χ1v) is 8.81. The highest BCUT2D eigenvalue weighted by Gasteiger charge is 2.42. The lowest BCUT2D eigenvalue weighted by atomic mass is 9.88. The number of aliphatic carboxylic acids is 1. The van der Waals surface area contributed by atoms with Crippen LogP contribution in [-0.2, 0) is 4.79 Å². The van der Waals surface area contributed by atoms with E-state index >= 15 is 0 Å². The Bertz CT molecular complexity index is 977. The molecule has 2 unspecified atom stereocenters. The molecule has 138 valence electrons. The van der Waals surface area contributed by atoms with Crippen molar-refractivity contribution in [2.75, 3.05) is 20.2 Å². The molecule has 27 heavy (non-hydrogen) atoms. The van der Waals surface area contributed by atoms with Crippen LogP contribution >= 0.6 is 0 Å². The Kier molecular flexibility index (Phi) is 4.32. The van der Waals surface area contributed by atoms with E-state index in [4.69, 9.17) is 4.74 Å². The number of rotatable bonds is 4. The molecule has 0 aliphatic carbocycles. The molecule has 1 aromatic heterocycles. The highest BCUT2D eigenvalue weighted by Crippen LogP contribution is 2.38. The number of carboxylic acids is 1. The van der Waals surface area contributed by atoms with Crippen molar-refractivity contribution in [3.8, 4) is 5.75 Å². The molecule has 1 saturated heterocycles. The van der Waals surface area contributed by atoms with Crippen LogP contribution in [0.2, 0.25) is 0 Å². The second-order valence-corrected chi connectivity index (χ2v) is 6.77. The van der Waals surface area contributed by atoms with Crippen LogP contribution < -0.4 is 4.74 Å². The maximum Gasteiger partial charge on any atom is 0.308 e. The largest absolute Gasteiger partial charge is 0.496 e. The molecule has 4 rings (SSSR count). The van der Waals surface area contributed by atoms with E-state index in [1.165, 1.54) is 0 Å². The normalized spacial score (nSPS) is 19.4. The van der Waals surface area contributed by atoms with Crippen molar-refractivity contribution < 1.29 is 19.4 Å². The number of carbonyl (C=O) groups is 2. The van der Waals surface area contributed by atoms with Gasteiger partial charge in [-0.15, -0.1) is 0 Å². The molecule has 6 heteroatoms. The molecular formula is C21H20N2O4. The molecule has 2 atom stereocenters. The van der Waals surface area contributed by atoms with Gasteiger partial charge in [-0.2, -0.15) is 0 Å². The highest BCUT2D eigenvalue weighted by atomic mass is 16.5. The number of benzene rings is 2. The van der Waals surface area contributed by atoms with Crippen molar-refractivity contribution in [3.05, 3.63) is 65.9 Å². The number of methoxy groups -OCH3 is 1. The Balaban J connectivity index is 1.65. The summed E-state index contributed by atoms with van der Waals surface area (Å²) < 4.78 is 5.40. The molecule has 6 nitrogen and oxygen atoms in total. The second-order valence-electron chi connectivity index (χ2n) is 6.77. The highest BCUT2D eigenvalue weighted by molar-refractivity contribution is 5.98. The van der Waals surface area contributed by atoms with Gasteiger partial charge in [-0.3, -0.25) is 9.59 Å². The number of para-hydroxylation sites is 2. The summed E-state index contributed by atoms with van der Waals surface area (Å²) in [7, 11) is 1.57. The Labute approximate surface area is 156 Å². The molecule has 2 heterocycles. The summed E-state index contributed by atoms with van der Waals surface area (Å²) in [4.78, 5) is 29.6. The van der Waals surface area contributed by atoms with E-state index in [-0.39, 0.29) is 18.4 Å². The van der Waals surface area contributed by atoms with E-state index in [0.29, 0.717) is 18.0 Å². The van der Waals surface area contributed by atoms with Gasteiger partial charge in [0.25, 0.3) is 5.91 Å². The zero-order chi connectivity index (χ0) is 19.0. The van der Waals surface area contributed by atoms with Gasteiger partial charge in [-0.05, 0) is 23.8 Å².